The number of hydrogen-bond donors (Lipinski definition) is 1. The fraction of sp³-hybridized carbons (Fsp3) is 0.280. The number of amides is 1. The van der Waals surface area contributed by atoms with Gasteiger partial charge in [-0.1, -0.05) is 24.3 Å². The highest BCUT2D eigenvalue weighted by Crippen LogP contribution is 2.40. The molecule has 0 radical (unpaired) electrons. The summed E-state index contributed by atoms with van der Waals surface area (Å²) in [5.41, 5.74) is 3.00. The zero-order valence-electron chi connectivity index (χ0n) is 18.9. The molecule has 2 heterocycles. The molecule has 0 aliphatic rings. The maximum atomic E-state index is 12.4. The number of methoxy groups -OCH3 is 1. The van der Waals surface area contributed by atoms with E-state index >= 15 is 0 Å². The van der Waals surface area contributed by atoms with Crippen molar-refractivity contribution in [2.24, 2.45) is 0 Å². The number of benzene rings is 2. The topological polar surface area (TPSA) is 71.6 Å². The van der Waals surface area contributed by atoms with E-state index in [1.54, 1.807) is 27.9 Å². The lowest BCUT2D eigenvalue weighted by atomic mass is 9.96. The summed E-state index contributed by atoms with van der Waals surface area (Å²) < 4.78 is 12.7. The maximum absolute atomic E-state index is 12.4. The van der Waals surface area contributed by atoms with Gasteiger partial charge in [0.05, 0.1) is 7.11 Å². The smallest absolute Gasteiger partial charge is 0.425 e. The van der Waals surface area contributed by atoms with Crippen LogP contribution in [-0.4, -0.2) is 34.8 Å². The van der Waals surface area contributed by atoms with Crippen LogP contribution in [0.1, 0.15) is 26.3 Å². The molecule has 0 fully saturated rings. The van der Waals surface area contributed by atoms with E-state index < -0.39 is 11.7 Å². The van der Waals surface area contributed by atoms with Crippen LogP contribution in [0.4, 0.5) is 4.79 Å². The van der Waals surface area contributed by atoms with Crippen LogP contribution in [0.2, 0.25) is 0 Å². The van der Waals surface area contributed by atoms with Crippen molar-refractivity contribution >= 4 is 50.2 Å². The van der Waals surface area contributed by atoms with Crippen LogP contribution in [0.15, 0.2) is 52.6 Å². The number of pyridine rings is 1. The van der Waals surface area contributed by atoms with Crippen LogP contribution in [-0.2, 0) is 11.2 Å². The number of fused-ring (bicyclic) bond motifs is 3. The first-order chi connectivity index (χ1) is 15.7. The molecule has 0 aliphatic carbocycles. The van der Waals surface area contributed by atoms with E-state index in [1.807, 2.05) is 47.8 Å². The van der Waals surface area contributed by atoms with Crippen molar-refractivity contribution in [3.05, 3.63) is 63.8 Å². The van der Waals surface area contributed by atoms with Gasteiger partial charge in [0.2, 0.25) is 0 Å². The number of carbonyl (C=O) groups excluding carboxylic acids is 1. The third-order valence-electron chi connectivity index (χ3n) is 5.21. The van der Waals surface area contributed by atoms with Crippen LogP contribution in [0, 0.1) is 0 Å². The molecule has 8 heteroatoms. The Labute approximate surface area is 200 Å². The molecule has 2 aromatic carbocycles. The van der Waals surface area contributed by atoms with E-state index in [2.05, 4.69) is 4.98 Å². The number of halogens is 1. The Hall–Kier alpha value is -3.03. The van der Waals surface area contributed by atoms with Crippen LogP contribution in [0.25, 0.3) is 32.1 Å². The van der Waals surface area contributed by atoms with Gasteiger partial charge < -0.3 is 14.5 Å². The first-order valence-electron chi connectivity index (χ1n) is 10.5. The molecule has 172 valence electrons. The van der Waals surface area contributed by atoms with Gasteiger partial charge in [-0.2, -0.15) is 0 Å². The number of rotatable bonds is 5. The summed E-state index contributed by atoms with van der Waals surface area (Å²) in [5, 5.41) is 3.79. The van der Waals surface area contributed by atoms with E-state index in [0.29, 0.717) is 17.7 Å². The van der Waals surface area contributed by atoms with Gasteiger partial charge in [0, 0.05) is 40.2 Å². The van der Waals surface area contributed by atoms with E-state index in [9.17, 15) is 9.59 Å². The number of hydrogen-bond acceptors (Lipinski definition) is 5. The molecule has 2 aromatic heterocycles. The Bertz CT molecular complexity index is 1370. The second kappa shape index (κ2) is 9.08. The molecule has 1 N–H and O–H groups in total. The van der Waals surface area contributed by atoms with Gasteiger partial charge in [-0.25, -0.2) is 9.21 Å². The van der Waals surface area contributed by atoms with Crippen molar-refractivity contribution < 1.29 is 14.3 Å². The summed E-state index contributed by atoms with van der Waals surface area (Å²) >= 11 is 7.51. The Morgan fingerprint density at radius 2 is 1.85 bits per heavy atom. The normalized spacial score (nSPS) is 11.7. The fourth-order valence-electron chi connectivity index (χ4n) is 3.75. The summed E-state index contributed by atoms with van der Waals surface area (Å²) in [6, 6.07) is 13.8. The molecule has 0 saturated carbocycles. The molecule has 33 heavy (non-hydrogen) atoms. The van der Waals surface area contributed by atoms with Crippen LogP contribution >= 0.6 is 23.1 Å². The molecule has 0 aliphatic heterocycles. The Morgan fingerprint density at radius 3 is 2.52 bits per heavy atom. The number of ether oxygens (including phenoxy) is 2. The molecule has 4 aromatic rings. The zero-order valence-corrected chi connectivity index (χ0v) is 20.5. The summed E-state index contributed by atoms with van der Waals surface area (Å²) in [7, 11) is 1.64. The first kappa shape index (κ1) is 23.1. The van der Waals surface area contributed by atoms with E-state index in [4.69, 9.17) is 21.3 Å². The van der Waals surface area contributed by atoms with Crippen molar-refractivity contribution in [2.45, 2.75) is 32.8 Å². The van der Waals surface area contributed by atoms with Crippen LogP contribution in [0.3, 0.4) is 0 Å². The monoisotopic (exact) mass is 484 g/mol. The minimum absolute atomic E-state index is 0.0884. The average Bonchev–Trinajstić information content (AvgIpc) is 3.27. The molecule has 0 spiro atoms. The van der Waals surface area contributed by atoms with Crippen molar-refractivity contribution in [2.75, 3.05) is 13.7 Å². The largest absolute Gasteiger partial charge is 0.496 e. The molecule has 0 saturated heterocycles. The molecule has 1 amide bonds. The minimum Gasteiger partial charge on any atom is -0.496 e. The molecular weight excluding hydrogens is 460 g/mol. The summed E-state index contributed by atoms with van der Waals surface area (Å²) in [4.78, 5) is 27.5. The third-order valence-corrected chi connectivity index (χ3v) is 6.43. The van der Waals surface area contributed by atoms with E-state index in [-0.39, 0.29) is 5.56 Å². The van der Waals surface area contributed by atoms with Gasteiger partial charge in [0.1, 0.15) is 16.1 Å². The Kier molecular flexibility index (Phi) is 6.36. The molecule has 0 bridgehead atoms. The summed E-state index contributed by atoms with van der Waals surface area (Å²) in [6.07, 6.45) is 0.0210. The third kappa shape index (κ3) is 4.84. The van der Waals surface area contributed by atoms with Crippen molar-refractivity contribution in [1.82, 2.24) is 9.40 Å². The van der Waals surface area contributed by atoms with E-state index in [1.165, 1.54) is 11.3 Å². The first-order valence-corrected chi connectivity index (χ1v) is 11.8. The number of nitrogens with one attached hydrogen (secondary N) is 1. The number of carbonyl (C=O) groups is 1. The lowest BCUT2D eigenvalue weighted by molar-refractivity contribution is 0.0394. The molecule has 0 atom stereocenters. The summed E-state index contributed by atoms with van der Waals surface area (Å²) in [5.74, 6) is 0.728. The highest BCUT2D eigenvalue weighted by Gasteiger charge is 2.21. The number of nitrogens with zero attached hydrogens (tertiary/aromatic N) is 1. The number of thiophene rings is 1. The summed E-state index contributed by atoms with van der Waals surface area (Å²) in [6.45, 7) is 5.73. The zero-order chi connectivity index (χ0) is 23.8. The molecule has 0 unspecified atom stereocenters. The van der Waals surface area contributed by atoms with Crippen molar-refractivity contribution in [3.63, 3.8) is 0 Å². The van der Waals surface area contributed by atoms with Gasteiger partial charge in [0.15, 0.2) is 0 Å². The maximum Gasteiger partial charge on any atom is 0.425 e. The van der Waals surface area contributed by atoms with Gasteiger partial charge in [-0.05, 0) is 61.9 Å². The molecular formula is C25H25ClN2O4S. The quantitative estimate of drug-likeness (QED) is 0.335. The average molecular weight is 485 g/mol. The van der Waals surface area contributed by atoms with Gasteiger partial charge in [0.25, 0.3) is 5.56 Å². The number of aromatic nitrogens is 1. The lowest BCUT2D eigenvalue weighted by Crippen LogP contribution is -2.32. The minimum atomic E-state index is -0.596. The van der Waals surface area contributed by atoms with Crippen LogP contribution < -0.4 is 10.3 Å². The van der Waals surface area contributed by atoms with Crippen LogP contribution in [0.5, 0.6) is 5.75 Å². The predicted octanol–water partition coefficient (Wildman–Crippen LogP) is 6.35. The number of aromatic amines is 1. The highest BCUT2D eigenvalue weighted by molar-refractivity contribution is 7.17. The second-order valence-corrected chi connectivity index (χ2v) is 10.0. The number of H-pyrrole nitrogens is 1. The van der Waals surface area contributed by atoms with Gasteiger partial charge in [-0.15, -0.1) is 11.3 Å². The molecule has 4 rings (SSSR count). The second-order valence-electron chi connectivity index (χ2n) is 8.70. The van der Waals surface area contributed by atoms with Crippen molar-refractivity contribution in [3.8, 4) is 16.9 Å². The standard InChI is InChI=1S/C25H25ClN2O4S/c1-25(2,3)32-24(30)28(26)13-11-15-5-7-16(8-6-15)20-19(31-4)10-9-18-21(20)17-12-14-33-22(17)23(29)27-18/h5-10,12,14H,11,13H2,1-4H3,(H,27,29). The Morgan fingerprint density at radius 1 is 1.12 bits per heavy atom. The van der Waals surface area contributed by atoms with E-state index in [0.717, 1.165) is 43.1 Å². The highest BCUT2D eigenvalue weighted by atomic mass is 35.5. The SMILES string of the molecule is COc1ccc2[nH]c(=O)c3sccc3c2c1-c1ccc(CCN(Cl)C(=O)OC(C)(C)C)cc1. The predicted molar refractivity (Wildman–Crippen MR) is 134 cm³/mol. The van der Waals surface area contributed by atoms with Crippen molar-refractivity contribution in [1.29, 1.82) is 0 Å². The van der Waals surface area contributed by atoms with Gasteiger partial charge >= 0.3 is 6.09 Å². The lowest BCUT2D eigenvalue weighted by Gasteiger charge is -2.22. The van der Waals surface area contributed by atoms with Gasteiger partial charge in [-0.3, -0.25) is 4.79 Å². The Balaban J connectivity index is 1.64. The fourth-order valence-corrected chi connectivity index (χ4v) is 4.67. The molecule has 6 nitrogen and oxygen atoms in total.